The maximum Gasteiger partial charge on any atom is 0.0729 e. The molecule has 1 spiro atoms. The minimum Gasteiger partial charge on any atom is -0.381 e. The Morgan fingerprint density at radius 1 is 1.32 bits per heavy atom. The summed E-state index contributed by atoms with van der Waals surface area (Å²) in [5.74, 6) is 0.543. The van der Waals surface area contributed by atoms with Crippen LogP contribution in [0, 0.1) is 5.92 Å². The van der Waals surface area contributed by atoms with Crippen LogP contribution in [0.1, 0.15) is 46.0 Å². The first-order valence-corrected chi connectivity index (χ1v) is 7.49. The van der Waals surface area contributed by atoms with Crippen LogP contribution in [0.15, 0.2) is 0 Å². The van der Waals surface area contributed by atoms with Crippen LogP contribution in [0.2, 0.25) is 0 Å². The van der Waals surface area contributed by atoms with Gasteiger partial charge in [0, 0.05) is 33.0 Å². The Labute approximate surface area is 117 Å². The number of methoxy groups -OCH3 is 1. The third-order valence-electron chi connectivity index (χ3n) is 4.82. The SMILES string of the molecule is COC(C)(C)CC(N)C1CCOC2(CCOCC2)C1. The van der Waals surface area contributed by atoms with Gasteiger partial charge in [-0.3, -0.25) is 0 Å². The Bertz CT molecular complexity index is 282. The van der Waals surface area contributed by atoms with Crippen molar-refractivity contribution in [3.63, 3.8) is 0 Å². The summed E-state index contributed by atoms with van der Waals surface area (Å²) in [6, 6.07) is 0.193. The maximum absolute atomic E-state index is 6.43. The Morgan fingerprint density at radius 3 is 2.63 bits per heavy atom. The zero-order chi connectivity index (χ0) is 13.9. The van der Waals surface area contributed by atoms with Crippen LogP contribution in [-0.2, 0) is 14.2 Å². The molecular weight excluding hydrogens is 242 g/mol. The van der Waals surface area contributed by atoms with Crippen molar-refractivity contribution in [1.29, 1.82) is 0 Å². The van der Waals surface area contributed by atoms with Crippen LogP contribution >= 0.6 is 0 Å². The van der Waals surface area contributed by atoms with Gasteiger partial charge in [0.2, 0.25) is 0 Å². The fourth-order valence-corrected chi connectivity index (χ4v) is 3.34. The molecule has 2 aliphatic heterocycles. The molecule has 19 heavy (non-hydrogen) atoms. The van der Waals surface area contributed by atoms with Crippen molar-refractivity contribution < 1.29 is 14.2 Å². The molecule has 0 bridgehead atoms. The minimum atomic E-state index is -0.138. The van der Waals surface area contributed by atoms with E-state index in [1.54, 1.807) is 7.11 Å². The van der Waals surface area contributed by atoms with E-state index in [0.717, 1.165) is 51.9 Å². The lowest BCUT2D eigenvalue weighted by Gasteiger charge is -2.45. The van der Waals surface area contributed by atoms with E-state index in [1.807, 2.05) is 0 Å². The third-order valence-corrected chi connectivity index (χ3v) is 4.82. The number of hydrogen-bond donors (Lipinski definition) is 1. The average Bonchev–Trinajstić information content (AvgIpc) is 2.39. The van der Waals surface area contributed by atoms with Crippen molar-refractivity contribution in [2.24, 2.45) is 11.7 Å². The van der Waals surface area contributed by atoms with E-state index in [4.69, 9.17) is 19.9 Å². The molecule has 0 saturated carbocycles. The fourth-order valence-electron chi connectivity index (χ4n) is 3.34. The number of rotatable bonds is 4. The highest BCUT2D eigenvalue weighted by atomic mass is 16.5. The fraction of sp³-hybridized carbons (Fsp3) is 1.00. The number of ether oxygens (including phenoxy) is 3. The first-order chi connectivity index (χ1) is 8.96. The molecule has 2 saturated heterocycles. The van der Waals surface area contributed by atoms with E-state index in [2.05, 4.69) is 13.8 Å². The molecule has 0 radical (unpaired) electrons. The monoisotopic (exact) mass is 271 g/mol. The highest BCUT2D eigenvalue weighted by molar-refractivity contribution is 4.93. The van der Waals surface area contributed by atoms with Gasteiger partial charge >= 0.3 is 0 Å². The summed E-state index contributed by atoms with van der Waals surface area (Å²) in [7, 11) is 1.76. The summed E-state index contributed by atoms with van der Waals surface area (Å²) in [5, 5.41) is 0. The number of hydrogen-bond acceptors (Lipinski definition) is 4. The van der Waals surface area contributed by atoms with E-state index < -0.39 is 0 Å². The molecule has 2 unspecified atom stereocenters. The average molecular weight is 271 g/mol. The van der Waals surface area contributed by atoms with Crippen LogP contribution in [0.4, 0.5) is 0 Å². The van der Waals surface area contributed by atoms with Crippen LogP contribution in [-0.4, -0.2) is 44.2 Å². The lowest BCUT2D eigenvalue weighted by atomic mass is 9.76. The highest BCUT2D eigenvalue weighted by Gasteiger charge is 2.41. The van der Waals surface area contributed by atoms with Gasteiger partial charge in [0.1, 0.15) is 0 Å². The highest BCUT2D eigenvalue weighted by Crippen LogP contribution is 2.39. The molecule has 4 nitrogen and oxygen atoms in total. The summed E-state index contributed by atoms with van der Waals surface area (Å²) in [6.45, 7) is 6.70. The normalized spacial score (nSPS) is 29.4. The van der Waals surface area contributed by atoms with Crippen molar-refractivity contribution >= 4 is 0 Å². The lowest BCUT2D eigenvalue weighted by Crippen LogP contribution is -2.49. The summed E-state index contributed by atoms with van der Waals surface area (Å²) in [6.07, 6.45) is 5.09. The quantitative estimate of drug-likeness (QED) is 0.851. The molecule has 2 N–H and O–H groups in total. The van der Waals surface area contributed by atoms with Gasteiger partial charge in [-0.1, -0.05) is 0 Å². The van der Waals surface area contributed by atoms with Gasteiger partial charge in [-0.25, -0.2) is 0 Å². The molecule has 112 valence electrons. The zero-order valence-electron chi connectivity index (χ0n) is 12.6. The van der Waals surface area contributed by atoms with Crippen molar-refractivity contribution in [1.82, 2.24) is 0 Å². The topological polar surface area (TPSA) is 53.7 Å². The molecule has 2 atom stereocenters. The summed E-state index contributed by atoms with van der Waals surface area (Å²) in [5.41, 5.74) is 6.33. The Kier molecular flexibility index (Phi) is 4.88. The predicted octanol–water partition coefficient (Wildman–Crippen LogP) is 2.10. The predicted molar refractivity (Wildman–Crippen MR) is 75.1 cm³/mol. The van der Waals surface area contributed by atoms with E-state index in [9.17, 15) is 0 Å². The molecule has 2 aliphatic rings. The van der Waals surface area contributed by atoms with E-state index >= 15 is 0 Å². The first-order valence-electron chi connectivity index (χ1n) is 7.49. The molecule has 2 heterocycles. The van der Waals surface area contributed by atoms with E-state index in [0.29, 0.717) is 5.92 Å². The molecular formula is C15H29NO3. The van der Waals surface area contributed by atoms with Crippen molar-refractivity contribution in [3.05, 3.63) is 0 Å². The Morgan fingerprint density at radius 2 is 2.00 bits per heavy atom. The second-order valence-corrected chi connectivity index (χ2v) is 6.73. The molecule has 0 amide bonds. The molecule has 2 fully saturated rings. The smallest absolute Gasteiger partial charge is 0.0729 e. The van der Waals surface area contributed by atoms with Gasteiger partial charge in [-0.05, 0) is 51.9 Å². The zero-order valence-corrected chi connectivity index (χ0v) is 12.6. The summed E-state index contributed by atoms with van der Waals surface area (Å²) >= 11 is 0. The second kappa shape index (κ2) is 6.08. The van der Waals surface area contributed by atoms with Crippen LogP contribution in [0.5, 0.6) is 0 Å². The van der Waals surface area contributed by atoms with Crippen molar-refractivity contribution in [2.75, 3.05) is 26.9 Å². The van der Waals surface area contributed by atoms with Gasteiger partial charge < -0.3 is 19.9 Å². The maximum atomic E-state index is 6.43. The van der Waals surface area contributed by atoms with Gasteiger partial charge in [0.15, 0.2) is 0 Å². The molecule has 0 aliphatic carbocycles. The summed E-state index contributed by atoms with van der Waals surface area (Å²) in [4.78, 5) is 0. The molecule has 0 aromatic carbocycles. The Hall–Kier alpha value is -0.160. The van der Waals surface area contributed by atoms with Gasteiger partial charge in [-0.2, -0.15) is 0 Å². The minimum absolute atomic E-state index is 0.0377. The van der Waals surface area contributed by atoms with Crippen molar-refractivity contribution in [3.8, 4) is 0 Å². The van der Waals surface area contributed by atoms with Crippen LogP contribution in [0.25, 0.3) is 0 Å². The van der Waals surface area contributed by atoms with Crippen LogP contribution < -0.4 is 5.73 Å². The first kappa shape index (κ1) is 15.2. The van der Waals surface area contributed by atoms with Crippen molar-refractivity contribution in [2.45, 2.75) is 63.2 Å². The molecule has 0 aromatic heterocycles. The largest absolute Gasteiger partial charge is 0.381 e. The molecule has 2 rings (SSSR count). The van der Waals surface area contributed by atoms with E-state index in [-0.39, 0.29) is 17.2 Å². The molecule has 4 heteroatoms. The number of nitrogens with two attached hydrogens (primary N) is 1. The summed E-state index contributed by atoms with van der Waals surface area (Å²) < 4.78 is 17.0. The van der Waals surface area contributed by atoms with E-state index in [1.165, 1.54) is 0 Å². The Balaban J connectivity index is 1.93. The lowest BCUT2D eigenvalue weighted by molar-refractivity contribution is -0.150. The third kappa shape index (κ3) is 3.91. The van der Waals surface area contributed by atoms with Gasteiger partial charge in [-0.15, -0.1) is 0 Å². The van der Waals surface area contributed by atoms with Gasteiger partial charge in [0.05, 0.1) is 11.2 Å². The van der Waals surface area contributed by atoms with Crippen LogP contribution in [0.3, 0.4) is 0 Å². The van der Waals surface area contributed by atoms with Gasteiger partial charge in [0.25, 0.3) is 0 Å². The standard InChI is InChI=1S/C15H29NO3/c1-14(2,17-3)11-13(16)12-4-7-19-15(10-12)5-8-18-9-6-15/h12-13H,4-11,16H2,1-3H3. The molecule has 0 aromatic rings. The second-order valence-electron chi connectivity index (χ2n) is 6.73.